The molecule has 2 saturated heterocycles. The van der Waals surface area contributed by atoms with Crippen LogP contribution in [0.3, 0.4) is 0 Å². The van der Waals surface area contributed by atoms with Gasteiger partial charge >= 0.3 is 5.97 Å². The first-order valence-electron chi connectivity index (χ1n) is 14.5. The molecule has 2 aliphatic rings. The molecule has 0 aliphatic carbocycles. The molecule has 4 rings (SSSR count). The van der Waals surface area contributed by atoms with Crippen molar-refractivity contribution in [3.8, 4) is 23.0 Å². The first-order chi connectivity index (χ1) is 22.0. The summed E-state index contributed by atoms with van der Waals surface area (Å²) < 4.78 is 38.5. The average Bonchev–Trinajstić information content (AvgIpc) is 3.04. The highest BCUT2D eigenvalue weighted by Gasteiger charge is 2.52. The number of phenolic OH excluding ortho intramolecular Hbond substituents is 2. The summed E-state index contributed by atoms with van der Waals surface area (Å²) in [5.74, 6) is -0.637. The summed E-state index contributed by atoms with van der Waals surface area (Å²) in [6.07, 6.45) is -12.1. The number of hydrogen-bond acceptors (Lipinski definition) is 15. The minimum Gasteiger partial charge on any atom is -0.504 e. The van der Waals surface area contributed by atoms with Crippen LogP contribution in [0.1, 0.15) is 18.1 Å². The fraction of sp³-hybridized carbons (Fsp3) is 0.516. The van der Waals surface area contributed by atoms with Gasteiger partial charge in [0.05, 0.1) is 33.5 Å². The third kappa shape index (κ3) is 8.25. The van der Waals surface area contributed by atoms with Crippen molar-refractivity contribution in [3.05, 3.63) is 53.6 Å². The molecule has 2 heterocycles. The van der Waals surface area contributed by atoms with Gasteiger partial charge in [-0.2, -0.15) is 0 Å². The molecule has 2 aliphatic heterocycles. The normalized spacial score (nSPS) is 31.5. The summed E-state index contributed by atoms with van der Waals surface area (Å²) in [5, 5.41) is 72.5. The van der Waals surface area contributed by atoms with Gasteiger partial charge in [-0.3, -0.25) is 0 Å². The van der Waals surface area contributed by atoms with Crippen molar-refractivity contribution in [1.29, 1.82) is 0 Å². The van der Waals surface area contributed by atoms with E-state index in [0.717, 1.165) is 6.08 Å². The monoisotopic (exact) mass is 652 g/mol. The van der Waals surface area contributed by atoms with Crippen LogP contribution in [-0.2, 0) is 34.9 Å². The summed E-state index contributed by atoms with van der Waals surface area (Å²) >= 11 is 0. The van der Waals surface area contributed by atoms with E-state index >= 15 is 0 Å². The number of carbonyl (C=O) groups is 1. The van der Waals surface area contributed by atoms with Crippen molar-refractivity contribution in [1.82, 2.24) is 0 Å². The van der Waals surface area contributed by atoms with E-state index in [1.807, 2.05) is 0 Å². The van der Waals surface area contributed by atoms with E-state index < -0.39 is 74.0 Å². The molecule has 15 heteroatoms. The zero-order valence-corrected chi connectivity index (χ0v) is 25.4. The molecule has 0 bridgehead atoms. The van der Waals surface area contributed by atoms with Gasteiger partial charge < -0.3 is 68.9 Å². The summed E-state index contributed by atoms with van der Waals surface area (Å²) in [6.45, 7) is 0.707. The second-order valence-electron chi connectivity index (χ2n) is 10.8. The molecular weight excluding hydrogens is 612 g/mol. The predicted molar refractivity (Wildman–Crippen MR) is 157 cm³/mol. The average molecular weight is 653 g/mol. The number of benzene rings is 2. The molecular formula is C31H40O15. The van der Waals surface area contributed by atoms with Gasteiger partial charge in [-0.05, 0) is 54.8 Å². The summed E-state index contributed by atoms with van der Waals surface area (Å²) in [4.78, 5) is 12.9. The fourth-order valence-corrected chi connectivity index (χ4v) is 5.09. The van der Waals surface area contributed by atoms with Crippen molar-refractivity contribution in [2.75, 3.05) is 27.4 Å². The Morgan fingerprint density at radius 3 is 2.15 bits per heavy atom. The zero-order valence-electron chi connectivity index (χ0n) is 25.4. The van der Waals surface area contributed by atoms with Crippen molar-refractivity contribution >= 4 is 12.0 Å². The topological polar surface area (TPSA) is 223 Å². The maximum absolute atomic E-state index is 12.9. The molecule has 46 heavy (non-hydrogen) atoms. The second-order valence-corrected chi connectivity index (χ2v) is 10.8. The van der Waals surface area contributed by atoms with Gasteiger partial charge in [0.25, 0.3) is 0 Å². The predicted octanol–water partition coefficient (Wildman–Crippen LogP) is -0.410. The maximum Gasteiger partial charge on any atom is 0.331 e. The van der Waals surface area contributed by atoms with E-state index in [9.17, 15) is 40.5 Å². The number of rotatable bonds is 12. The Kier molecular flexibility index (Phi) is 12.2. The molecule has 7 N–H and O–H groups in total. The van der Waals surface area contributed by atoms with Crippen LogP contribution in [-0.4, -0.2) is 131 Å². The van der Waals surface area contributed by atoms with Gasteiger partial charge in [0.15, 0.2) is 41.7 Å². The van der Waals surface area contributed by atoms with Crippen LogP contribution in [0.15, 0.2) is 42.5 Å². The molecule has 0 radical (unpaired) electrons. The van der Waals surface area contributed by atoms with E-state index in [0.29, 0.717) is 11.1 Å². The van der Waals surface area contributed by atoms with Gasteiger partial charge in [-0.25, -0.2) is 4.79 Å². The van der Waals surface area contributed by atoms with Crippen LogP contribution in [0.25, 0.3) is 6.08 Å². The molecule has 254 valence electrons. The second kappa shape index (κ2) is 15.9. The fourth-order valence-electron chi connectivity index (χ4n) is 5.09. The summed E-state index contributed by atoms with van der Waals surface area (Å²) in [6, 6.07) is 9.21. The van der Waals surface area contributed by atoms with Crippen molar-refractivity contribution in [3.63, 3.8) is 0 Å². The lowest BCUT2D eigenvalue weighted by Gasteiger charge is -2.46. The van der Waals surface area contributed by atoms with Crippen molar-refractivity contribution in [2.45, 2.75) is 74.8 Å². The molecule has 15 nitrogen and oxygen atoms in total. The Bertz CT molecular complexity index is 1340. The molecule has 2 fully saturated rings. The van der Waals surface area contributed by atoms with Crippen molar-refractivity contribution < 1.29 is 73.7 Å². The van der Waals surface area contributed by atoms with Crippen LogP contribution < -0.4 is 9.47 Å². The number of methoxy groups -OCH3 is 2. The number of ether oxygens (including phenoxy) is 7. The quantitative estimate of drug-likeness (QED) is 0.114. The highest BCUT2D eigenvalue weighted by Crippen LogP contribution is 2.32. The summed E-state index contributed by atoms with van der Waals surface area (Å²) in [5.41, 5.74) is 1.11. The molecule has 0 spiro atoms. The highest BCUT2D eigenvalue weighted by molar-refractivity contribution is 5.87. The lowest BCUT2D eigenvalue weighted by molar-refractivity contribution is -0.357. The Morgan fingerprint density at radius 2 is 1.52 bits per heavy atom. The number of aliphatic hydroxyl groups excluding tert-OH is 5. The SMILES string of the molecule is COc1ccc(/C=C/C(=O)OC2[C@H](CO)O[C@@H](OCCc3ccc(OC)c(O)c3)[C@H](O)[C@@H]2OC2O[C@@H](C)[C@@H](O)[C@@H](O)[C@H]2O)cc1O. The van der Waals surface area contributed by atoms with E-state index in [1.165, 1.54) is 45.4 Å². The third-order valence-electron chi connectivity index (χ3n) is 7.68. The largest absolute Gasteiger partial charge is 0.504 e. The van der Waals surface area contributed by atoms with E-state index in [-0.39, 0.29) is 36.0 Å². The molecule has 0 aromatic heterocycles. The van der Waals surface area contributed by atoms with Crippen LogP contribution in [0.5, 0.6) is 23.0 Å². The van der Waals surface area contributed by atoms with Gasteiger partial charge in [0.1, 0.15) is 36.6 Å². The van der Waals surface area contributed by atoms with E-state index in [4.69, 9.17) is 33.2 Å². The Morgan fingerprint density at radius 1 is 0.848 bits per heavy atom. The zero-order chi connectivity index (χ0) is 33.5. The minimum absolute atomic E-state index is 0.0231. The molecule has 0 saturated carbocycles. The molecule has 10 atom stereocenters. The Labute approximate surface area is 264 Å². The number of esters is 1. The first-order valence-corrected chi connectivity index (χ1v) is 14.5. The lowest BCUT2D eigenvalue weighted by atomic mass is 9.97. The highest BCUT2D eigenvalue weighted by atomic mass is 16.7. The number of aromatic hydroxyl groups is 2. The maximum atomic E-state index is 12.9. The molecule has 2 unspecified atom stereocenters. The smallest absolute Gasteiger partial charge is 0.331 e. The van der Waals surface area contributed by atoms with Crippen LogP contribution >= 0.6 is 0 Å². The first kappa shape index (κ1) is 35.3. The standard InChI is InChI=1S/C31H40O15/c1-15-24(36)25(37)26(38)31(43-15)46-29-27(39)30(42-11-10-17-5-8-21(41-3)19(34)13-17)44-22(14-32)28(29)45-23(35)9-6-16-4-7-20(40-2)18(33)12-16/h4-9,12-13,15,22,24-34,36-39H,10-11,14H2,1-3H3/b9-6+/t15-,22-,24+,25+,26+,27+,28?,29-,30+,31?/m0/s1. The Balaban J connectivity index is 1.52. The van der Waals surface area contributed by atoms with Crippen LogP contribution in [0.2, 0.25) is 0 Å². The van der Waals surface area contributed by atoms with Gasteiger partial charge in [0.2, 0.25) is 0 Å². The third-order valence-corrected chi connectivity index (χ3v) is 7.68. The van der Waals surface area contributed by atoms with Gasteiger partial charge in [-0.1, -0.05) is 12.1 Å². The number of hydrogen-bond donors (Lipinski definition) is 7. The number of aliphatic hydroxyl groups is 5. The molecule has 0 amide bonds. The van der Waals surface area contributed by atoms with Gasteiger partial charge in [0, 0.05) is 6.08 Å². The Hall–Kier alpha value is -3.51. The minimum atomic E-state index is -1.75. The van der Waals surface area contributed by atoms with E-state index in [2.05, 4.69) is 0 Å². The van der Waals surface area contributed by atoms with Gasteiger partial charge in [-0.15, -0.1) is 0 Å². The summed E-state index contributed by atoms with van der Waals surface area (Å²) in [7, 11) is 2.81. The van der Waals surface area contributed by atoms with E-state index in [1.54, 1.807) is 18.2 Å². The number of phenols is 2. The molecule has 2 aromatic carbocycles. The van der Waals surface area contributed by atoms with Crippen molar-refractivity contribution in [2.24, 2.45) is 0 Å². The number of carbonyl (C=O) groups excluding carboxylic acids is 1. The lowest BCUT2D eigenvalue weighted by Crippen LogP contribution is -2.65. The van der Waals surface area contributed by atoms with Crippen LogP contribution in [0, 0.1) is 0 Å². The van der Waals surface area contributed by atoms with Crippen LogP contribution in [0.4, 0.5) is 0 Å². The molecule has 2 aromatic rings.